The van der Waals surface area contributed by atoms with Crippen LogP contribution in [0.25, 0.3) is 0 Å². The number of para-hydroxylation sites is 1. The van der Waals surface area contributed by atoms with Gasteiger partial charge in [-0.3, -0.25) is 4.79 Å². The largest absolute Gasteiger partial charge is 0.324 e. The second kappa shape index (κ2) is 4.77. The second-order valence-corrected chi connectivity index (χ2v) is 3.67. The molecule has 1 unspecified atom stereocenters. The molecule has 1 rings (SSSR count). The predicted octanol–water partition coefficient (Wildman–Crippen LogP) is 2.55. The smallest absolute Gasteiger partial charge is 0.241 e. The van der Waals surface area contributed by atoms with Gasteiger partial charge in [0.05, 0.1) is 11.8 Å². The zero-order chi connectivity index (χ0) is 10.6. The third-order valence-electron chi connectivity index (χ3n) is 1.72. The van der Waals surface area contributed by atoms with Gasteiger partial charge in [0.25, 0.3) is 0 Å². The zero-order valence-corrected chi connectivity index (χ0v) is 9.21. The summed E-state index contributed by atoms with van der Waals surface area (Å²) in [6, 6.07) is 9.14. The van der Waals surface area contributed by atoms with Gasteiger partial charge >= 0.3 is 0 Å². The zero-order valence-electron chi connectivity index (χ0n) is 7.62. The summed E-state index contributed by atoms with van der Waals surface area (Å²) in [5, 5.41) is 11.2. The van der Waals surface area contributed by atoms with E-state index >= 15 is 0 Å². The number of nitriles is 1. The van der Waals surface area contributed by atoms with E-state index in [-0.39, 0.29) is 5.91 Å². The number of carbonyl (C=O) groups excluding carboxylic acids is 1. The number of amides is 1. The molecular formula is C10H9BrN2O. The quantitative estimate of drug-likeness (QED) is 0.880. The van der Waals surface area contributed by atoms with E-state index in [1.54, 1.807) is 13.0 Å². The molecule has 4 heteroatoms. The average Bonchev–Trinajstić information content (AvgIpc) is 2.20. The Balaban J connectivity index is 2.76. The SMILES string of the molecule is CC(C#N)C(=O)Nc1ccccc1Br. The first-order valence-electron chi connectivity index (χ1n) is 4.10. The Labute approximate surface area is 90.9 Å². The maximum absolute atomic E-state index is 11.3. The first-order valence-corrected chi connectivity index (χ1v) is 4.89. The van der Waals surface area contributed by atoms with Crippen LogP contribution in [-0.2, 0) is 4.79 Å². The minimum atomic E-state index is -0.637. The lowest BCUT2D eigenvalue weighted by atomic mass is 10.2. The molecule has 1 N–H and O–H groups in total. The van der Waals surface area contributed by atoms with Crippen LogP contribution >= 0.6 is 15.9 Å². The predicted molar refractivity (Wildman–Crippen MR) is 57.5 cm³/mol. The fraction of sp³-hybridized carbons (Fsp3) is 0.200. The lowest BCUT2D eigenvalue weighted by molar-refractivity contribution is -0.117. The number of anilines is 1. The number of hydrogen-bond donors (Lipinski definition) is 1. The summed E-state index contributed by atoms with van der Waals surface area (Å²) >= 11 is 3.30. The van der Waals surface area contributed by atoms with Crippen molar-refractivity contribution in [2.45, 2.75) is 6.92 Å². The topological polar surface area (TPSA) is 52.9 Å². The molecule has 72 valence electrons. The van der Waals surface area contributed by atoms with Crippen LogP contribution in [-0.4, -0.2) is 5.91 Å². The maximum atomic E-state index is 11.3. The van der Waals surface area contributed by atoms with Crippen LogP contribution in [0.4, 0.5) is 5.69 Å². The van der Waals surface area contributed by atoms with Gasteiger partial charge in [-0.25, -0.2) is 0 Å². The van der Waals surface area contributed by atoms with E-state index in [1.807, 2.05) is 24.3 Å². The van der Waals surface area contributed by atoms with Crippen molar-refractivity contribution in [2.75, 3.05) is 5.32 Å². The van der Waals surface area contributed by atoms with E-state index in [9.17, 15) is 4.79 Å². The van der Waals surface area contributed by atoms with Crippen molar-refractivity contribution >= 4 is 27.5 Å². The first-order chi connectivity index (χ1) is 6.65. The normalized spacial score (nSPS) is 11.5. The van der Waals surface area contributed by atoms with Crippen molar-refractivity contribution in [1.82, 2.24) is 0 Å². The summed E-state index contributed by atoms with van der Waals surface area (Å²) in [7, 11) is 0. The van der Waals surface area contributed by atoms with Crippen molar-refractivity contribution < 1.29 is 4.79 Å². The van der Waals surface area contributed by atoms with Crippen LogP contribution in [0.2, 0.25) is 0 Å². The lowest BCUT2D eigenvalue weighted by Crippen LogP contribution is -2.19. The van der Waals surface area contributed by atoms with Gasteiger partial charge in [-0.1, -0.05) is 12.1 Å². The molecule has 14 heavy (non-hydrogen) atoms. The number of hydrogen-bond acceptors (Lipinski definition) is 2. The highest BCUT2D eigenvalue weighted by Crippen LogP contribution is 2.21. The van der Waals surface area contributed by atoms with Crippen LogP contribution in [0.3, 0.4) is 0 Å². The molecule has 1 aromatic carbocycles. The Morgan fingerprint density at radius 3 is 2.79 bits per heavy atom. The summed E-state index contributed by atoms with van der Waals surface area (Å²) in [4.78, 5) is 11.3. The van der Waals surface area contributed by atoms with Crippen LogP contribution in [0.5, 0.6) is 0 Å². The molecule has 1 aromatic rings. The first kappa shape index (κ1) is 10.7. The number of benzene rings is 1. The maximum Gasteiger partial charge on any atom is 0.241 e. The Bertz CT molecular complexity index is 384. The van der Waals surface area contributed by atoms with Crippen molar-refractivity contribution in [3.8, 4) is 6.07 Å². The van der Waals surface area contributed by atoms with Crippen LogP contribution in [0, 0.1) is 17.2 Å². The van der Waals surface area contributed by atoms with Gasteiger partial charge in [-0.15, -0.1) is 0 Å². The summed E-state index contributed by atoms with van der Waals surface area (Å²) in [6.45, 7) is 1.56. The van der Waals surface area contributed by atoms with Crippen molar-refractivity contribution in [2.24, 2.45) is 5.92 Å². The molecule has 0 saturated heterocycles. The van der Waals surface area contributed by atoms with Gasteiger partial charge in [-0.05, 0) is 35.0 Å². The minimum absolute atomic E-state index is 0.292. The third-order valence-corrected chi connectivity index (χ3v) is 2.41. The Kier molecular flexibility index (Phi) is 3.66. The minimum Gasteiger partial charge on any atom is -0.324 e. The number of nitrogens with zero attached hydrogens (tertiary/aromatic N) is 1. The molecule has 0 aliphatic carbocycles. The molecule has 0 aromatic heterocycles. The monoisotopic (exact) mass is 252 g/mol. The van der Waals surface area contributed by atoms with Crippen LogP contribution < -0.4 is 5.32 Å². The highest BCUT2D eigenvalue weighted by atomic mass is 79.9. The molecule has 1 atom stereocenters. The Hall–Kier alpha value is -1.34. The van der Waals surface area contributed by atoms with Gasteiger partial charge < -0.3 is 5.32 Å². The molecule has 3 nitrogen and oxygen atoms in total. The van der Waals surface area contributed by atoms with Gasteiger partial charge in [0.1, 0.15) is 5.92 Å². The molecule has 0 bridgehead atoms. The molecule has 0 saturated carbocycles. The molecule has 0 fully saturated rings. The third kappa shape index (κ3) is 2.57. The number of halogens is 1. The average molecular weight is 253 g/mol. The second-order valence-electron chi connectivity index (χ2n) is 2.82. The Morgan fingerprint density at radius 1 is 1.57 bits per heavy atom. The highest BCUT2D eigenvalue weighted by Gasteiger charge is 2.12. The van der Waals surface area contributed by atoms with E-state index in [0.717, 1.165) is 4.47 Å². The fourth-order valence-electron chi connectivity index (χ4n) is 0.862. The Morgan fingerprint density at radius 2 is 2.21 bits per heavy atom. The van der Waals surface area contributed by atoms with E-state index in [2.05, 4.69) is 21.2 Å². The van der Waals surface area contributed by atoms with E-state index in [4.69, 9.17) is 5.26 Å². The highest BCUT2D eigenvalue weighted by molar-refractivity contribution is 9.10. The standard InChI is InChI=1S/C10H9BrN2O/c1-7(6-12)10(14)13-9-5-3-2-4-8(9)11/h2-5,7H,1H3,(H,13,14). The van der Waals surface area contributed by atoms with Gasteiger partial charge in [0.2, 0.25) is 5.91 Å². The fourth-order valence-corrected chi connectivity index (χ4v) is 1.25. The van der Waals surface area contributed by atoms with E-state index < -0.39 is 5.92 Å². The lowest BCUT2D eigenvalue weighted by Gasteiger charge is -2.07. The summed E-state index contributed by atoms with van der Waals surface area (Å²) in [6.07, 6.45) is 0. The van der Waals surface area contributed by atoms with Crippen molar-refractivity contribution in [3.05, 3.63) is 28.7 Å². The van der Waals surface area contributed by atoms with Crippen molar-refractivity contribution in [1.29, 1.82) is 5.26 Å². The molecule has 0 spiro atoms. The summed E-state index contributed by atoms with van der Waals surface area (Å²) in [5.41, 5.74) is 0.680. The molecule has 0 aliphatic heterocycles. The summed E-state index contributed by atoms with van der Waals surface area (Å²) < 4.78 is 0.804. The molecule has 0 heterocycles. The van der Waals surface area contributed by atoms with Gasteiger partial charge in [0, 0.05) is 4.47 Å². The molecular weight excluding hydrogens is 244 g/mol. The van der Waals surface area contributed by atoms with E-state index in [1.165, 1.54) is 0 Å². The molecule has 1 amide bonds. The van der Waals surface area contributed by atoms with E-state index in [0.29, 0.717) is 5.69 Å². The summed E-state index contributed by atoms with van der Waals surface area (Å²) in [5.74, 6) is -0.929. The number of nitrogens with one attached hydrogen (secondary N) is 1. The van der Waals surface area contributed by atoms with Crippen molar-refractivity contribution in [3.63, 3.8) is 0 Å². The van der Waals surface area contributed by atoms with Gasteiger partial charge in [0.15, 0.2) is 0 Å². The number of rotatable bonds is 2. The molecule has 0 aliphatic rings. The number of carbonyl (C=O) groups is 1. The molecule has 0 radical (unpaired) electrons. The van der Waals surface area contributed by atoms with Gasteiger partial charge in [-0.2, -0.15) is 5.26 Å². The van der Waals surface area contributed by atoms with Crippen LogP contribution in [0.1, 0.15) is 6.92 Å². The van der Waals surface area contributed by atoms with Crippen LogP contribution in [0.15, 0.2) is 28.7 Å².